The number of methoxy groups -OCH3 is 2. The molecule has 0 atom stereocenters. The van der Waals surface area contributed by atoms with Crippen molar-refractivity contribution < 1.29 is 9.47 Å². The molecule has 0 amide bonds. The molecule has 1 heterocycles. The Labute approximate surface area is 162 Å². The van der Waals surface area contributed by atoms with Crippen LogP contribution in [0.5, 0.6) is 11.5 Å². The largest absolute Gasteiger partial charge is 0.497 e. The third kappa shape index (κ3) is 4.75. The number of hydrogen-bond donors (Lipinski definition) is 1. The highest BCUT2D eigenvalue weighted by molar-refractivity contribution is 7.15. The van der Waals surface area contributed by atoms with E-state index in [9.17, 15) is 0 Å². The average molecular weight is 389 g/mol. The summed E-state index contributed by atoms with van der Waals surface area (Å²) in [6.45, 7) is 1.63. The summed E-state index contributed by atoms with van der Waals surface area (Å²) in [7, 11) is 3.33. The summed E-state index contributed by atoms with van der Waals surface area (Å²) in [6.07, 6.45) is 2.84. The van der Waals surface area contributed by atoms with Gasteiger partial charge >= 0.3 is 0 Å². The van der Waals surface area contributed by atoms with Gasteiger partial charge in [-0.2, -0.15) is 0 Å². The first kappa shape index (κ1) is 18.7. The summed E-state index contributed by atoms with van der Waals surface area (Å²) in [6, 6.07) is 13.7. The highest BCUT2D eigenvalue weighted by Gasteiger charge is 2.11. The van der Waals surface area contributed by atoms with Gasteiger partial charge in [-0.25, -0.2) is 4.98 Å². The number of aromatic nitrogens is 1. The summed E-state index contributed by atoms with van der Waals surface area (Å²) < 4.78 is 10.8. The average Bonchev–Trinajstić information content (AvgIpc) is 3.15. The lowest BCUT2D eigenvalue weighted by molar-refractivity contribution is 0.404. The summed E-state index contributed by atoms with van der Waals surface area (Å²) in [5.41, 5.74) is 2.26. The van der Waals surface area contributed by atoms with Crippen LogP contribution in [0.15, 0.2) is 48.7 Å². The van der Waals surface area contributed by atoms with Crippen molar-refractivity contribution in [2.75, 3.05) is 20.8 Å². The zero-order valence-corrected chi connectivity index (χ0v) is 16.4. The predicted octanol–water partition coefficient (Wildman–Crippen LogP) is 4.81. The molecule has 26 heavy (non-hydrogen) atoms. The Morgan fingerprint density at radius 3 is 2.62 bits per heavy atom. The predicted molar refractivity (Wildman–Crippen MR) is 108 cm³/mol. The molecule has 0 radical (unpaired) electrons. The van der Waals surface area contributed by atoms with Crippen LogP contribution in [0.2, 0.25) is 5.02 Å². The smallest absolute Gasteiger partial charge is 0.127 e. The van der Waals surface area contributed by atoms with Gasteiger partial charge in [0, 0.05) is 23.3 Å². The molecule has 0 saturated carbocycles. The van der Waals surface area contributed by atoms with Gasteiger partial charge in [-0.05, 0) is 48.9 Å². The fraction of sp³-hybridized carbons (Fsp3) is 0.250. The quantitative estimate of drug-likeness (QED) is 0.562. The van der Waals surface area contributed by atoms with Crippen LogP contribution in [0.4, 0.5) is 0 Å². The SMILES string of the molecule is COc1ccc(OC)c(-c2cnc(CNCCc3ccc(Cl)cc3)s2)c1. The lowest BCUT2D eigenvalue weighted by Gasteiger charge is -2.08. The van der Waals surface area contributed by atoms with E-state index in [1.54, 1.807) is 25.6 Å². The van der Waals surface area contributed by atoms with Gasteiger partial charge in [0.1, 0.15) is 16.5 Å². The highest BCUT2D eigenvalue weighted by Crippen LogP contribution is 2.36. The van der Waals surface area contributed by atoms with Gasteiger partial charge in [-0.3, -0.25) is 0 Å². The van der Waals surface area contributed by atoms with Crippen LogP contribution < -0.4 is 14.8 Å². The second-order valence-corrected chi connectivity index (χ2v) is 7.29. The molecule has 0 aliphatic rings. The molecule has 2 aromatic carbocycles. The number of hydrogen-bond acceptors (Lipinski definition) is 5. The van der Waals surface area contributed by atoms with E-state index in [1.807, 2.05) is 36.5 Å². The van der Waals surface area contributed by atoms with E-state index < -0.39 is 0 Å². The monoisotopic (exact) mass is 388 g/mol. The van der Waals surface area contributed by atoms with Crippen LogP contribution >= 0.6 is 22.9 Å². The molecule has 136 valence electrons. The fourth-order valence-corrected chi connectivity index (χ4v) is 3.64. The lowest BCUT2D eigenvalue weighted by atomic mass is 10.1. The molecule has 1 aromatic heterocycles. The van der Waals surface area contributed by atoms with Gasteiger partial charge in [-0.1, -0.05) is 23.7 Å². The summed E-state index contributed by atoms with van der Waals surface area (Å²) in [5, 5.41) is 5.25. The minimum atomic E-state index is 0.741. The Kier molecular flexibility index (Phi) is 6.50. The first-order valence-corrected chi connectivity index (χ1v) is 9.51. The van der Waals surface area contributed by atoms with Crippen molar-refractivity contribution >= 4 is 22.9 Å². The summed E-state index contributed by atoms with van der Waals surface area (Å²) in [5.74, 6) is 1.62. The lowest BCUT2D eigenvalue weighted by Crippen LogP contribution is -2.16. The van der Waals surface area contributed by atoms with E-state index in [0.717, 1.165) is 51.5 Å². The Morgan fingerprint density at radius 1 is 1.08 bits per heavy atom. The van der Waals surface area contributed by atoms with Crippen molar-refractivity contribution in [1.29, 1.82) is 0 Å². The second kappa shape index (κ2) is 9.03. The minimum Gasteiger partial charge on any atom is -0.497 e. The number of nitrogens with one attached hydrogen (secondary N) is 1. The van der Waals surface area contributed by atoms with Crippen LogP contribution in [0.25, 0.3) is 10.4 Å². The van der Waals surface area contributed by atoms with Crippen molar-refractivity contribution in [2.45, 2.75) is 13.0 Å². The van der Waals surface area contributed by atoms with E-state index in [2.05, 4.69) is 22.4 Å². The van der Waals surface area contributed by atoms with E-state index in [4.69, 9.17) is 21.1 Å². The fourth-order valence-electron chi connectivity index (χ4n) is 2.60. The maximum absolute atomic E-state index is 5.91. The van der Waals surface area contributed by atoms with Crippen molar-refractivity contribution in [3.05, 3.63) is 64.3 Å². The van der Waals surface area contributed by atoms with Crippen LogP contribution in [0, 0.1) is 0 Å². The van der Waals surface area contributed by atoms with Crippen LogP contribution in [0.1, 0.15) is 10.6 Å². The summed E-state index contributed by atoms with van der Waals surface area (Å²) in [4.78, 5) is 5.59. The summed E-state index contributed by atoms with van der Waals surface area (Å²) >= 11 is 7.56. The second-order valence-electron chi connectivity index (χ2n) is 5.74. The molecule has 0 saturated heterocycles. The Balaban J connectivity index is 1.59. The van der Waals surface area contributed by atoms with Crippen LogP contribution in [-0.2, 0) is 13.0 Å². The van der Waals surface area contributed by atoms with Gasteiger partial charge in [0.25, 0.3) is 0 Å². The van der Waals surface area contributed by atoms with Gasteiger partial charge in [0.15, 0.2) is 0 Å². The van der Waals surface area contributed by atoms with Gasteiger partial charge in [0.2, 0.25) is 0 Å². The molecular formula is C20H21ClN2O2S. The zero-order valence-electron chi connectivity index (χ0n) is 14.8. The first-order chi connectivity index (χ1) is 12.7. The van der Waals surface area contributed by atoms with E-state index in [1.165, 1.54) is 5.56 Å². The molecule has 0 bridgehead atoms. The number of benzene rings is 2. The molecule has 6 heteroatoms. The van der Waals surface area contributed by atoms with Gasteiger partial charge in [0.05, 0.1) is 19.1 Å². The van der Waals surface area contributed by atoms with Gasteiger partial charge in [-0.15, -0.1) is 11.3 Å². The number of thiazole rings is 1. The van der Waals surface area contributed by atoms with Crippen LogP contribution in [-0.4, -0.2) is 25.7 Å². The Morgan fingerprint density at radius 2 is 1.88 bits per heavy atom. The minimum absolute atomic E-state index is 0.741. The Hall–Kier alpha value is -2.08. The van der Waals surface area contributed by atoms with Crippen molar-refractivity contribution in [2.24, 2.45) is 0 Å². The Bertz CT molecular complexity index is 849. The molecule has 0 spiro atoms. The molecule has 3 rings (SSSR count). The van der Waals surface area contributed by atoms with Crippen molar-refractivity contribution in [3.63, 3.8) is 0 Å². The molecular weight excluding hydrogens is 368 g/mol. The van der Waals surface area contributed by atoms with Crippen molar-refractivity contribution in [1.82, 2.24) is 10.3 Å². The molecule has 1 N–H and O–H groups in total. The van der Waals surface area contributed by atoms with E-state index >= 15 is 0 Å². The highest BCUT2D eigenvalue weighted by atomic mass is 35.5. The van der Waals surface area contributed by atoms with E-state index in [0.29, 0.717) is 0 Å². The third-order valence-electron chi connectivity index (χ3n) is 4.01. The number of ether oxygens (including phenoxy) is 2. The molecule has 0 aliphatic heterocycles. The number of halogens is 1. The van der Waals surface area contributed by atoms with Crippen LogP contribution in [0.3, 0.4) is 0 Å². The zero-order chi connectivity index (χ0) is 18.4. The normalized spacial score (nSPS) is 10.7. The van der Waals surface area contributed by atoms with Crippen molar-refractivity contribution in [3.8, 4) is 21.9 Å². The molecule has 3 aromatic rings. The maximum atomic E-state index is 5.91. The van der Waals surface area contributed by atoms with E-state index in [-0.39, 0.29) is 0 Å². The number of nitrogens with zero attached hydrogens (tertiary/aromatic N) is 1. The molecule has 0 aliphatic carbocycles. The molecule has 0 unspecified atom stereocenters. The topological polar surface area (TPSA) is 43.4 Å². The standard InChI is InChI=1S/C20H21ClN2O2S/c1-24-16-7-8-18(25-2)17(11-16)19-12-23-20(26-19)13-22-10-9-14-3-5-15(21)6-4-14/h3-8,11-12,22H,9-10,13H2,1-2H3. The maximum Gasteiger partial charge on any atom is 0.127 e. The molecule has 4 nitrogen and oxygen atoms in total. The third-order valence-corrected chi connectivity index (χ3v) is 5.29. The molecule has 0 fully saturated rings. The first-order valence-electron chi connectivity index (χ1n) is 8.32. The van der Waals surface area contributed by atoms with Gasteiger partial charge < -0.3 is 14.8 Å². The number of rotatable bonds is 8.